The van der Waals surface area contributed by atoms with E-state index in [0.29, 0.717) is 0 Å². The van der Waals surface area contributed by atoms with Gasteiger partial charge in [0.25, 0.3) is 0 Å². The molecule has 1 rings (SSSR count). The van der Waals surface area contributed by atoms with Crippen molar-refractivity contribution in [2.24, 2.45) is 7.05 Å². The van der Waals surface area contributed by atoms with Crippen molar-refractivity contribution in [1.29, 1.82) is 0 Å². The number of aryl methyl sites for hydroxylation is 2. The predicted molar refractivity (Wildman–Crippen MR) is 50.3 cm³/mol. The van der Waals surface area contributed by atoms with E-state index in [1.165, 1.54) is 0 Å². The van der Waals surface area contributed by atoms with E-state index in [4.69, 9.17) is 0 Å². The topological polar surface area (TPSA) is 29.9 Å². The number of nitrogens with one attached hydrogen (secondary N) is 1. The van der Waals surface area contributed by atoms with Crippen molar-refractivity contribution in [2.45, 2.75) is 26.1 Å². The molecule has 0 aromatic carbocycles. The van der Waals surface area contributed by atoms with Crippen molar-refractivity contribution in [3.05, 3.63) is 17.5 Å². The maximum absolute atomic E-state index is 11.8. The van der Waals surface area contributed by atoms with Gasteiger partial charge in [0.15, 0.2) is 0 Å². The number of rotatable bonds is 4. The van der Waals surface area contributed by atoms with E-state index in [1.807, 2.05) is 13.0 Å². The highest BCUT2D eigenvalue weighted by Gasteiger charge is 2.26. The third-order valence-corrected chi connectivity index (χ3v) is 2.02. The molecule has 0 unspecified atom stereocenters. The smallest absolute Gasteiger partial charge is 0.303 e. The molecular weight excluding hydrogens is 207 g/mol. The summed E-state index contributed by atoms with van der Waals surface area (Å²) in [7, 11) is 1.73. The zero-order valence-corrected chi connectivity index (χ0v) is 8.73. The number of aromatic nitrogens is 2. The summed E-state index contributed by atoms with van der Waals surface area (Å²) >= 11 is 0. The molecule has 1 aromatic rings. The monoisotopic (exact) mass is 221 g/mol. The second-order valence-corrected chi connectivity index (χ2v) is 3.32. The molecule has 6 heteroatoms. The van der Waals surface area contributed by atoms with Crippen LogP contribution in [-0.4, -0.2) is 22.5 Å². The summed E-state index contributed by atoms with van der Waals surface area (Å²) in [5.74, 6) is 0. The maximum Gasteiger partial charge on any atom is 0.401 e. The fraction of sp³-hybridized carbons (Fsp3) is 0.667. The molecule has 1 aromatic heterocycles. The summed E-state index contributed by atoms with van der Waals surface area (Å²) in [6.07, 6.45) is -3.38. The fourth-order valence-corrected chi connectivity index (χ4v) is 1.24. The molecule has 0 saturated heterocycles. The van der Waals surface area contributed by atoms with Crippen LogP contribution in [-0.2, 0) is 20.0 Å². The Morgan fingerprint density at radius 1 is 1.47 bits per heavy atom. The van der Waals surface area contributed by atoms with Crippen LogP contribution in [0.15, 0.2) is 6.07 Å². The van der Waals surface area contributed by atoms with Gasteiger partial charge in [-0.25, -0.2) is 0 Å². The Balaban J connectivity index is 2.47. The zero-order valence-electron chi connectivity index (χ0n) is 8.73. The molecule has 86 valence electrons. The van der Waals surface area contributed by atoms with Crippen LogP contribution in [0.3, 0.4) is 0 Å². The average Bonchev–Trinajstić information content (AvgIpc) is 2.45. The van der Waals surface area contributed by atoms with Gasteiger partial charge in [0.2, 0.25) is 0 Å². The number of alkyl halides is 3. The molecule has 0 saturated carbocycles. The van der Waals surface area contributed by atoms with Gasteiger partial charge < -0.3 is 5.32 Å². The molecule has 1 N–H and O–H groups in total. The standard InChI is InChI=1S/C9H14F3N3/c1-3-7-4-8(15(2)14-7)5-13-6-9(10,11)12/h4,13H,3,5-6H2,1-2H3. The van der Waals surface area contributed by atoms with Gasteiger partial charge in [-0.15, -0.1) is 0 Å². The van der Waals surface area contributed by atoms with Gasteiger partial charge in [0, 0.05) is 13.6 Å². The van der Waals surface area contributed by atoms with Gasteiger partial charge in [0.1, 0.15) is 0 Å². The largest absolute Gasteiger partial charge is 0.401 e. The predicted octanol–water partition coefficient (Wildman–Crippen LogP) is 1.63. The number of halogens is 3. The quantitative estimate of drug-likeness (QED) is 0.837. The van der Waals surface area contributed by atoms with Crippen molar-refractivity contribution in [2.75, 3.05) is 6.54 Å². The van der Waals surface area contributed by atoms with E-state index in [1.54, 1.807) is 11.7 Å². The molecule has 0 aliphatic rings. The minimum absolute atomic E-state index is 0.184. The van der Waals surface area contributed by atoms with Gasteiger partial charge in [-0.1, -0.05) is 6.92 Å². The van der Waals surface area contributed by atoms with E-state index in [2.05, 4.69) is 10.4 Å². The lowest BCUT2D eigenvalue weighted by Gasteiger charge is -2.07. The molecular formula is C9H14F3N3. The lowest BCUT2D eigenvalue weighted by Crippen LogP contribution is -2.28. The molecule has 15 heavy (non-hydrogen) atoms. The summed E-state index contributed by atoms with van der Waals surface area (Å²) in [5, 5.41) is 6.47. The lowest BCUT2D eigenvalue weighted by molar-refractivity contribution is -0.125. The van der Waals surface area contributed by atoms with E-state index >= 15 is 0 Å². The summed E-state index contributed by atoms with van der Waals surface area (Å²) in [6.45, 7) is 1.16. The van der Waals surface area contributed by atoms with Crippen LogP contribution in [0.25, 0.3) is 0 Å². The Morgan fingerprint density at radius 2 is 2.13 bits per heavy atom. The first-order valence-corrected chi connectivity index (χ1v) is 4.71. The van der Waals surface area contributed by atoms with Crippen molar-refractivity contribution in [1.82, 2.24) is 15.1 Å². The average molecular weight is 221 g/mol. The third-order valence-electron chi connectivity index (χ3n) is 2.02. The molecule has 1 heterocycles. The van der Waals surface area contributed by atoms with Crippen LogP contribution in [0.2, 0.25) is 0 Å². The fourth-order valence-electron chi connectivity index (χ4n) is 1.24. The highest BCUT2D eigenvalue weighted by atomic mass is 19.4. The van der Waals surface area contributed by atoms with E-state index in [0.717, 1.165) is 17.8 Å². The van der Waals surface area contributed by atoms with Gasteiger partial charge in [-0.2, -0.15) is 18.3 Å². The first kappa shape index (κ1) is 12.0. The molecule has 0 spiro atoms. The van der Waals surface area contributed by atoms with E-state index < -0.39 is 12.7 Å². The Bertz CT molecular complexity index is 317. The molecule has 0 amide bonds. The summed E-state index contributed by atoms with van der Waals surface area (Å²) < 4.78 is 37.1. The summed E-state index contributed by atoms with van der Waals surface area (Å²) in [4.78, 5) is 0. The van der Waals surface area contributed by atoms with Crippen LogP contribution < -0.4 is 5.32 Å². The lowest BCUT2D eigenvalue weighted by atomic mass is 10.3. The van der Waals surface area contributed by atoms with Crippen LogP contribution >= 0.6 is 0 Å². The minimum Gasteiger partial charge on any atom is -0.303 e. The van der Waals surface area contributed by atoms with E-state index in [-0.39, 0.29) is 6.54 Å². The normalized spacial score (nSPS) is 12.1. The van der Waals surface area contributed by atoms with Gasteiger partial charge >= 0.3 is 6.18 Å². The highest BCUT2D eigenvalue weighted by molar-refractivity contribution is 5.09. The summed E-state index contributed by atoms with van der Waals surface area (Å²) in [6, 6.07) is 1.81. The second-order valence-electron chi connectivity index (χ2n) is 3.32. The van der Waals surface area contributed by atoms with Crippen LogP contribution in [0, 0.1) is 0 Å². The Kier molecular flexibility index (Phi) is 3.73. The highest BCUT2D eigenvalue weighted by Crippen LogP contribution is 2.12. The Labute approximate surface area is 86.3 Å². The number of nitrogens with zero attached hydrogens (tertiary/aromatic N) is 2. The maximum atomic E-state index is 11.8. The number of hydrogen-bond donors (Lipinski definition) is 1. The molecule has 0 aliphatic carbocycles. The zero-order chi connectivity index (χ0) is 11.5. The van der Waals surface area contributed by atoms with Crippen molar-refractivity contribution >= 4 is 0 Å². The number of hydrogen-bond acceptors (Lipinski definition) is 2. The van der Waals surface area contributed by atoms with E-state index in [9.17, 15) is 13.2 Å². The van der Waals surface area contributed by atoms with Crippen molar-refractivity contribution < 1.29 is 13.2 Å². The van der Waals surface area contributed by atoms with Crippen LogP contribution in [0.5, 0.6) is 0 Å². The third kappa shape index (κ3) is 3.91. The Morgan fingerprint density at radius 3 is 2.60 bits per heavy atom. The van der Waals surface area contributed by atoms with Gasteiger partial charge in [0.05, 0.1) is 17.9 Å². The minimum atomic E-state index is -4.16. The molecule has 0 radical (unpaired) electrons. The molecule has 0 aliphatic heterocycles. The molecule has 0 atom stereocenters. The first-order chi connectivity index (χ1) is 6.92. The molecule has 0 bridgehead atoms. The van der Waals surface area contributed by atoms with Crippen LogP contribution in [0.1, 0.15) is 18.3 Å². The van der Waals surface area contributed by atoms with Crippen molar-refractivity contribution in [3.8, 4) is 0 Å². The Hall–Kier alpha value is -1.04. The SMILES string of the molecule is CCc1cc(CNCC(F)(F)F)n(C)n1. The van der Waals surface area contributed by atoms with Gasteiger partial charge in [-0.05, 0) is 12.5 Å². The van der Waals surface area contributed by atoms with Crippen molar-refractivity contribution in [3.63, 3.8) is 0 Å². The van der Waals surface area contributed by atoms with Crippen LogP contribution in [0.4, 0.5) is 13.2 Å². The summed E-state index contributed by atoms with van der Waals surface area (Å²) in [5.41, 5.74) is 1.65. The second kappa shape index (κ2) is 4.65. The molecule has 0 fully saturated rings. The molecule has 3 nitrogen and oxygen atoms in total. The first-order valence-electron chi connectivity index (χ1n) is 4.71. The van der Waals surface area contributed by atoms with Gasteiger partial charge in [-0.3, -0.25) is 4.68 Å².